The van der Waals surface area contributed by atoms with Crippen LogP contribution in [0.5, 0.6) is 5.88 Å². The molecule has 1 atom stereocenters. The van der Waals surface area contributed by atoms with Crippen LogP contribution in [-0.4, -0.2) is 43.7 Å². The summed E-state index contributed by atoms with van der Waals surface area (Å²) < 4.78 is 12.2. The summed E-state index contributed by atoms with van der Waals surface area (Å²) in [4.78, 5) is 50.2. The van der Waals surface area contributed by atoms with Gasteiger partial charge in [-0.15, -0.1) is 5.11 Å². The third kappa shape index (κ3) is 6.32. The first-order valence-electron chi connectivity index (χ1n) is 12.9. The third-order valence-electron chi connectivity index (χ3n) is 6.38. The number of fused-ring (bicyclic) bond motifs is 1. The zero-order valence-electron chi connectivity index (χ0n) is 23.1. The molecule has 220 valence electrons. The summed E-state index contributed by atoms with van der Waals surface area (Å²) in [5.41, 5.74) is 0.193. The number of carbonyl (C=O) groups is 2. The Labute approximate surface area is 254 Å². The van der Waals surface area contributed by atoms with Crippen molar-refractivity contribution in [3.05, 3.63) is 75.4 Å². The molecule has 1 unspecified atom stereocenters. The second kappa shape index (κ2) is 12.2. The first-order chi connectivity index (χ1) is 20.6. The van der Waals surface area contributed by atoms with Gasteiger partial charge in [0.1, 0.15) is 11.3 Å². The number of carbonyl (C=O) groups excluding carboxylic acids is 2. The number of amides is 1. The van der Waals surface area contributed by atoms with Crippen LogP contribution in [0.25, 0.3) is 22.2 Å². The second-order valence-corrected chi connectivity index (χ2v) is 10.2. The molecule has 1 amide bonds. The number of anilines is 3. The minimum atomic E-state index is -1.09. The molecule has 0 spiro atoms. The lowest BCUT2D eigenvalue weighted by Gasteiger charge is -2.23. The van der Waals surface area contributed by atoms with Crippen LogP contribution >= 0.6 is 23.2 Å². The van der Waals surface area contributed by atoms with E-state index in [0.29, 0.717) is 44.3 Å². The van der Waals surface area contributed by atoms with Crippen LogP contribution < -0.4 is 20.9 Å². The van der Waals surface area contributed by atoms with E-state index >= 15 is 0 Å². The maximum atomic E-state index is 13.3. The Balaban J connectivity index is 1.47. The highest BCUT2D eigenvalue weighted by atomic mass is 35.5. The Hall–Kier alpha value is -4.88. The fourth-order valence-corrected chi connectivity index (χ4v) is 4.81. The van der Waals surface area contributed by atoms with Crippen molar-refractivity contribution in [1.82, 2.24) is 19.5 Å². The highest BCUT2D eigenvalue weighted by Crippen LogP contribution is 2.35. The molecule has 43 heavy (non-hydrogen) atoms. The topological polar surface area (TPSA) is 162 Å². The fourth-order valence-electron chi connectivity index (χ4n) is 4.21. The summed E-state index contributed by atoms with van der Waals surface area (Å²) in [6, 6.07) is 8.19. The monoisotopic (exact) mass is 622 g/mol. The number of ether oxygens (including phenoxy) is 2. The lowest BCUT2D eigenvalue weighted by molar-refractivity contribution is -0.144. The van der Waals surface area contributed by atoms with Crippen molar-refractivity contribution >= 4 is 63.4 Å². The number of aromatic nitrogens is 4. The zero-order valence-corrected chi connectivity index (χ0v) is 24.6. The molecule has 1 aliphatic rings. The van der Waals surface area contributed by atoms with Crippen molar-refractivity contribution in [3.63, 3.8) is 0 Å². The summed E-state index contributed by atoms with van der Waals surface area (Å²) in [6.07, 6.45) is 6.63. The number of azo groups is 1. The zero-order chi connectivity index (χ0) is 30.7. The van der Waals surface area contributed by atoms with Gasteiger partial charge in [-0.25, -0.2) is 9.97 Å². The van der Waals surface area contributed by atoms with Crippen LogP contribution in [0.2, 0.25) is 10.0 Å². The average molecular weight is 623 g/mol. The van der Waals surface area contributed by atoms with Gasteiger partial charge in [-0.1, -0.05) is 36.2 Å². The number of aryl methyl sites for hydroxylation is 1. The molecule has 0 aliphatic carbocycles. The number of hydrogen-bond acceptors (Lipinski definition) is 11. The Bertz CT molecular complexity index is 1840. The van der Waals surface area contributed by atoms with E-state index in [0.717, 1.165) is 0 Å². The smallest absolute Gasteiger partial charge is 0.303 e. The number of pyridine rings is 2. The first kappa shape index (κ1) is 29.6. The highest BCUT2D eigenvalue weighted by molar-refractivity contribution is 6.39. The highest BCUT2D eigenvalue weighted by Gasteiger charge is 2.31. The predicted molar refractivity (Wildman–Crippen MR) is 161 cm³/mol. The Kier molecular flexibility index (Phi) is 8.37. The second-order valence-electron chi connectivity index (χ2n) is 9.35. The van der Waals surface area contributed by atoms with Crippen LogP contribution in [0.15, 0.2) is 70.0 Å². The van der Waals surface area contributed by atoms with E-state index in [1.165, 1.54) is 23.9 Å². The van der Waals surface area contributed by atoms with Gasteiger partial charge in [0.2, 0.25) is 17.6 Å². The van der Waals surface area contributed by atoms with Gasteiger partial charge in [0, 0.05) is 43.6 Å². The molecule has 2 N–H and O–H groups in total. The van der Waals surface area contributed by atoms with Crippen molar-refractivity contribution < 1.29 is 19.1 Å². The van der Waals surface area contributed by atoms with Crippen LogP contribution in [0.1, 0.15) is 20.3 Å². The summed E-state index contributed by atoms with van der Waals surface area (Å²) in [7, 11) is 1.58. The van der Waals surface area contributed by atoms with Gasteiger partial charge >= 0.3 is 5.97 Å². The van der Waals surface area contributed by atoms with Gasteiger partial charge in [0.15, 0.2) is 6.61 Å². The lowest BCUT2D eigenvalue weighted by atomic mass is 10.1. The van der Waals surface area contributed by atoms with Gasteiger partial charge in [-0.2, -0.15) is 10.1 Å². The predicted octanol–water partition coefficient (Wildman–Crippen LogP) is 5.41. The van der Waals surface area contributed by atoms with Gasteiger partial charge in [-0.05, 0) is 24.3 Å². The normalized spacial score (nSPS) is 15.5. The summed E-state index contributed by atoms with van der Waals surface area (Å²) in [5.74, 6) is -1.01. The van der Waals surface area contributed by atoms with Gasteiger partial charge in [0.25, 0.3) is 11.5 Å². The molecular weight excluding hydrogens is 599 g/mol. The molecule has 4 aromatic rings. The molecule has 0 radical (unpaired) electrons. The number of nitrogens with zero attached hydrogens (tertiary/aromatic N) is 6. The number of nitrogens with one attached hydrogen (secondary N) is 2. The van der Waals surface area contributed by atoms with E-state index in [1.54, 1.807) is 49.7 Å². The van der Waals surface area contributed by atoms with Crippen molar-refractivity contribution in [2.24, 2.45) is 17.3 Å². The van der Waals surface area contributed by atoms with Crippen molar-refractivity contribution in [3.8, 4) is 17.0 Å². The standard InChI is InChI=1S/C28H24Cl2N8O5/c1-4-28(8-9-33-37-28)43-25-21(35-22(40)14-42-15(2)39)11-17(13-31-25)34-27-32-12-16-10-18(26(41)38(3)24(16)36-27)23-19(29)6-5-7-20(23)30/h5-13H,4,14H2,1-3H3,(H,35,40)(H,32,34,36). The van der Waals surface area contributed by atoms with E-state index in [1.807, 2.05) is 6.92 Å². The largest absolute Gasteiger partial charge is 0.456 e. The Morgan fingerprint density at radius 1 is 1.12 bits per heavy atom. The molecule has 3 aromatic heterocycles. The number of hydrogen-bond donors (Lipinski definition) is 2. The number of esters is 1. The Morgan fingerprint density at radius 2 is 1.88 bits per heavy atom. The molecule has 15 heteroatoms. The van der Waals surface area contributed by atoms with Gasteiger partial charge in [0.05, 0.1) is 33.7 Å². The minimum absolute atomic E-state index is 0.0571. The molecule has 5 rings (SSSR count). The van der Waals surface area contributed by atoms with Crippen LogP contribution in [-0.2, 0) is 21.4 Å². The average Bonchev–Trinajstić information content (AvgIpc) is 3.45. The molecule has 1 aromatic carbocycles. The maximum absolute atomic E-state index is 13.3. The maximum Gasteiger partial charge on any atom is 0.303 e. The fraction of sp³-hybridized carbons (Fsp3) is 0.214. The van der Waals surface area contributed by atoms with E-state index in [9.17, 15) is 14.4 Å². The van der Waals surface area contributed by atoms with E-state index in [-0.39, 0.29) is 23.1 Å². The van der Waals surface area contributed by atoms with Crippen LogP contribution in [0.3, 0.4) is 0 Å². The summed E-state index contributed by atoms with van der Waals surface area (Å²) in [6.45, 7) is 2.55. The first-order valence-corrected chi connectivity index (χ1v) is 13.6. The third-order valence-corrected chi connectivity index (χ3v) is 7.01. The van der Waals surface area contributed by atoms with E-state index in [4.69, 9.17) is 32.7 Å². The van der Waals surface area contributed by atoms with E-state index < -0.39 is 24.2 Å². The Morgan fingerprint density at radius 3 is 2.56 bits per heavy atom. The minimum Gasteiger partial charge on any atom is -0.456 e. The van der Waals surface area contributed by atoms with Gasteiger partial charge in [-0.3, -0.25) is 19.0 Å². The number of rotatable bonds is 9. The van der Waals surface area contributed by atoms with Crippen LogP contribution in [0, 0.1) is 0 Å². The summed E-state index contributed by atoms with van der Waals surface area (Å²) in [5, 5.41) is 14.9. The molecule has 4 heterocycles. The molecule has 0 saturated heterocycles. The molecule has 1 aliphatic heterocycles. The molecule has 0 fully saturated rings. The molecule has 0 bridgehead atoms. The summed E-state index contributed by atoms with van der Waals surface area (Å²) >= 11 is 12.7. The van der Waals surface area contributed by atoms with Crippen molar-refractivity contribution in [1.29, 1.82) is 0 Å². The number of halogens is 2. The van der Waals surface area contributed by atoms with Gasteiger partial charge < -0.3 is 20.1 Å². The van der Waals surface area contributed by atoms with Crippen LogP contribution in [0.4, 0.5) is 17.3 Å². The number of benzene rings is 1. The van der Waals surface area contributed by atoms with Crippen molar-refractivity contribution in [2.75, 3.05) is 17.2 Å². The lowest BCUT2D eigenvalue weighted by Crippen LogP contribution is -2.30. The SMILES string of the molecule is CCC1(Oc2ncc(Nc3ncc4cc(-c5c(Cl)cccc5Cl)c(=O)n(C)c4n3)cc2NC(=O)COC(C)=O)C=CN=N1. The quantitative estimate of drug-likeness (QED) is 0.232. The van der Waals surface area contributed by atoms with Crippen molar-refractivity contribution in [2.45, 2.75) is 26.0 Å². The molecule has 13 nitrogen and oxygen atoms in total. The molecular formula is C28H24Cl2N8O5. The van der Waals surface area contributed by atoms with E-state index in [2.05, 4.69) is 35.8 Å². The molecule has 0 saturated carbocycles.